The van der Waals surface area contributed by atoms with Gasteiger partial charge in [-0.1, -0.05) is 11.2 Å². The van der Waals surface area contributed by atoms with Crippen molar-refractivity contribution < 1.29 is 17.7 Å². The van der Waals surface area contributed by atoms with Gasteiger partial charge in [0.2, 0.25) is 11.7 Å². The van der Waals surface area contributed by atoms with Crippen LogP contribution in [-0.4, -0.2) is 34.3 Å². The summed E-state index contributed by atoms with van der Waals surface area (Å²) >= 11 is 1.51. The summed E-state index contributed by atoms with van der Waals surface area (Å²) in [6, 6.07) is 3.80. The summed E-state index contributed by atoms with van der Waals surface area (Å²) in [5.41, 5.74) is 0. The Morgan fingerprint density at radius 3 is 2.71 bits per heavy atom. The number of thiophene rings is 1. The molecule has 2 aromatic heterocycles. The molecule has 0 unspecified atom stereocenters. The molecule has 1 saturated heterocycles. The van der Waals surface area contributed by atoms with Crippen LogP contribution in [0.2, 0.25) is 0 Å². The lowest BCUT2D eigenvalue weighted by Gasteiger charge is -2.31. The highest BCUT2D eigenvalue weighted by Gasteiger charge is 2.41. The molecular weight excluding hydrogens is 303 g/mol. The van der Waals surface area contributed by atoms with Gasteiger partial charge in [0, 0.05) is 0 Å². The van der Waals surface area contributed by atoms with E-state index in [1.54, 1.807) is 0 Å². The van der Waals surface area contributed by atoms with Crippen molar-refractivity contribution in [1.82, 2.24) is 15.0 Å². The van der Waals surface area contributed by atoms with Crippen LogP contribution in [0.15, 0.2) is 22.0 Å². The molecule has 0 radical (unpaired) electrons. The number of likely N-dealkylation sites (tertiary alicyclic amines) is 1. The van der Waals surface area contributed by atoms with Gasteiger partial charge in [-0.3, -0.25) is 4.90 Å². The molecule has 0 bridgehead atoms. The lowest BCUT2D eigenvalue weighted by atomic mass is 9.96. The minimum absolute atomic E-state index is 0.134. The molecule has 21 heavy (non-hydrogen) atoms. The van der Waals surface area contributed by atoms with E-state index in [2.05, 4.69) is 10.1 Å². The summed E-state index contributed by atoms with van der Waals surface area (Å²) in [6.45, 7) is 1.21. The van der Waals surface area contributed by atoms with E-state index in [1.807, 2.05) is 22.4 Å². The molecule has 114 valence electrons. The molecular formula is C13H14F3N3OS. The van der Waals surface area contributed by atoms with Crippen LogP contribution in [0.5, 0.6) is 0 Å². The smallest absolute Gasteiger partial charge is 0.338 e. The molecule has 2 aromatic rings. The quantitative estimate of drug-likeness (QED) is 0.868. The number of hydrogen-bond donors (Lipinski definition) is 0. The molecule has 1 aliphatic heterocycles. The maximum Gasteiger partial charge on any atom is 0.391 e. The van der Waals surface area contributed by atoms with Crippen molar-refractivity contribution in [2.75, 3.05) is 13.1 Å². The first-order valence-corrected chi connectivity index (χ1v) is 7.56. The molecule has 0 aliphatic carbocycles. The first-order chi connectivity index (χ1) is 10.0. The van der Waals surface area contributed by atoms with Crippen molar-refractivity contribution in [3.63, 3.8) is 0 Å². The van der Waals surface area contributed by atoms with E-state index in [9.17, 15) is 13.2 Å². The number of alkyl halides is 3. The Balaban J connectivity index is 1.56. The summed E-state index contributed by atoms with van der Waals surface area (Å²) < 4.78 is 43.0. The van der Waals surface area contributed by atoms with Crippen molar-refractivity contribution in [1.29, 1.82) is 0 Å². The first-order valence-electron chi connectivity index (χ1n) is 6.68. The lowest BCUT2D eigenvalue weighted by Crippen LogP contribution is -2.38. The van der Waals surface area contributed by atoms with Crippen molar-refractivity contribution >= 4 is 11.3 Å². The summed E-state index contributed by atoms with van der Waals surface area (Å²) in [7, 11) is 0. The fraction of sp³-hybridized carbons (Fsp3) is 0.538. The minimum Gasteiger partial charge on any atom is -0.338 e. The van der Waals surface area contributed by atoms with Gasteiger partial charge in [0.15, 0.2) is 0 Å². The van der Waals surface area contributed by atoms with Gasteiger partial charge in [-0.15, -0.1) is 11.3 Å². The van der Waals surface area contributed by atoms with Crippen LogP contribution in [-0.2, 0) is 6.54 Å². The number of piperidine rings is 1. The predicted molar refractivity (Wildman–Crippen MR) is 71.7 cm³/mol. The molecule has 8 heteroatoms. The molecule has 0 amide bonds. The van der Waals surface area contributed by atoms with Gasteiger partial charge in [0.25, 0.3) is 0 Å². The predicted octanol–water partition coefficient (Wildman–Crippen LogP) is 3.57. The van der Waals surface area contributed by atoms with E-state index in [1.165, 1.54) is 11.3 Å². The second-order valence-corrected chi connectivity index (χ2v) is 6.03. The van der Waals surface area contributed by atoms with Crippen LogP contribution < -0.4 is 0 Å². The van der Waals surface area contributed by atoms with E-state index in [0.29, 0.717) is 31.3 Å². The third-order valence-corrected chi connectivity index (χ3v) is 4.48. The fourth-order valence-corrected chi connectivity index (χ4v) is 3.08. The van der Waals surface area contributed by atoms with Crippen LogP contribution >= 0.6 is 11.3 Å². The maximum absolute atomic E-state index is 12.6. The molecule has 1 aliphatic rings. The number of nitrogens with zero attached hydrogens (tertiary/aromatic N) is 3. The summed E-state index contributed by atoms with van der Waals surface area (Å²) in [4.78, 5) is 7.13. The van der Waals surface area contributed by atoms with Gasteiger partial charge in [-0.05, 0) is 37.4 Å². The minimum atomic E-state index is -4.08. The van der Waals surface area contributed by atoms with Crippen LogP contribution in [0, 0.1) is 5.92 Å². The zero-order chi connectivity index (χ0) is 14.9. The van der Waals surface area contributed by atoms with Crippen molar-refractivity contribution in [2.45, 2.75) is 25.6 Å². The molecule has 0 saturated carbocycles. The van der Waals surface area contributed by atoms with E-state index in [0.717, 1.165) is 4.88 Å². The normalized spacial score (nSPS) is 18.2. The highest BCUT2D eigenvalue weighted by atomic mass is 32.1. The average Bonchev–Trinajstić information content (AvgIpc) is 3.08. The molecule has 1 fully saturated rings. The molecule has 4 nitrogen and oxygen atoms in total. The first kappa shape index (κ1) is 14.5. The Morgan fingerprint density at radius 2 is 2.10 bits per heavy atom. The maximum atomic E-state index is 12.6. The highest BCUT2D eigenvalue weighted by molar-refractivity contribution is 7.13. The summed E-state index contributed by atoms with van der Waals surface area (Å²) in [5.74, 6) is -0.202. The Bertz CT molecular complexity index is 574. The third kappa shape index (κ3) is 3.44. The summed E-state index contributed by atoms with van der Waals surface area (Å²) in [5, 5.41) is 5.82. The standard InChI is InChI=1S/C13H14F3N3OS/c14-13(15,16)9-3-5-19(6-4-9)8-11-17-12(18-20-11)10-2-1-7-21-10/h1-2,7,9H,3-6,8H2. The summed E-state index contributed by atoms with van der Waals surface area (Å²) in [6.07, 6.45) is -3.81. The van der Waals surface area contributed by atoms with Gasteiger partial charge in [0.05, 0.1) is 17.3 Å². The van der Waals surface area contributed by atoms with Gasteiger partial charge >= 0.3 is 6.18 Å². The van der Waals surface area contributed by atoms with E-state index in [-0.39, 0.29) is 12.8 Å². The van der Waals surface area contributed by atoms with Gasteiger partial charge in [-0.2, -0.15) is 18.2 Å². The zero-order valence-corrected chi connectivity index (χ0v) is 12.0. The average molecular weight is 317 g/mol. The Morgan fingerprint density at radius 1 is 1.33 bits per heavy atom. The Hall–Kier alpha value is -1.41. The van der Waals surface area contributed by atoms with Crippen LogP contribution in [0.1, 0.15) is 18.7 Å². The van der Waals surface area contributed by atoms with Crippen LogP contribution in [0.25, 0.3) is 10.7 Å². The topological polar surface area (TPSA) is 42.2 Å². The number of aromatic nitrogens is 2. The van der Waals surface area contributed by atoms with Crippen molar-refractivity contribution in [3.05, 3.63) is 23.4 Å². The third-order valence-electron chi connectivity index (χ3n) is 3.62. The molecule has 0 aromatic carbocycles. The van der Waals surface area contributed by atoms with E-state index >= 15 is 0 Å². The Kier molecular flexibility index (Phi) is 3.99. The van der Waals surface area contributed by atoms with Crippen LogP contribution in [0.3, 0.4) is 0 Å². The lowest BCUT2D eigenvalue weighted by molar-refractivity contribution is -0.185. The monoisotopic (exact) mass is 317 g/mol. The molecule has 3 heterocycles. The second kappa shape index (κ2) is 5.76. The molecule has 0 atom stereocenters. The number of hydrogen-bond acceptors (Lipinski definition) is 5. The molecule has 0 N–H and O–H groups in total. The number of halogens is 3. The number of rotatable bonds is 3. The largest absolute Gasteiger partial charge is 0.391 e. The van der Waals surface area contributed by atoms with Crippen molar-refractivity contribution in [3.8, 4) is 10.7 Å². The fourth-order valence-electron chi connectivity index (χ4n) is 2.43. The van der Waals surface area contributed by atoms with Gasteiger partial charge in [-0.25, -0.2) is 0 Å². The van der Waals surface area contributed by atoms with Gasteiger partial charge in [0.1, 0.15) is 0 Å². The SMILES string of the molecule is FC(F)(F)C1CCN(Cc2nc(-c3cccs3)no2)CC1. The Labute approximate surface area is 123 Å². The van der Waals surface area contributed by atoms with E-state index in [4.69, 9.17) is 4.52 Å². The zero-order valence-electron chi connectivity index (χ0n) is 11.1. The molecule has 3 rings (SSSR count). The van der Waals surface area contributed by atoms with E-state index < -0.39 is 12.1 Å². The van der Waals surface area contributed by atoms with Crippen LogP contribution in [0.4, 0.5) is 13.2 Å². The van der Waals surface area contributed by atoms with Crippen molar-refractivity contribution in [2.24, 2.45) is 5.92 Å². The van der Waals surface area contributed by atoms with Gasteiger partial charge < -0.3 is 4.52 Å². The molecule has 0 spiro atoms. The second-order valence-electron chi connectivity index (χ2n) is 5.08. The highest BCUT2D eigenvalue weighted by Crippen LogP contribution is 2.34.